The summed E-state index contributed by atoms with van der Waals surface area (Å²) in [5.41, 5.74) is 4.02. The maximum atomic E-state index is 3.60. The van der Waals surface area contributed by atoms with E-state index < -0.39 is 0 Å². The van der Waals surface area contributed by atoms with Crippen LogP contribution < -0.4 is 5.32 Å². The molecule has 1 aliphatic rings. The Balaban J connectivity index is 1.88. The Morgan fingerprint density at radius 3 is 2.09 bits per heavy atom. The van der Waals surface area contributed by atoms with E-state index in [1.54, 1.807) is 0 Å². The van der Waals surface area contributed by atoms with E-state index in [2.05, 4.69) is 79.0 Å². The van der Waals surface area contributed by atoms with Gasteiger partial charge in [0.2, 0.25) is 0 Å². The minimum atomic E-state index is 0.680. The molecule has 1 N–H and O–H groups in total. The highest BCUT2D eigenvalue weighted by molar-refractivity contribution is 5.79. The van der Waals surface area contributed by atoms with Crippen molar-refractivity contribution >= 4 is 5.57 Å². The molecule has 0 heterocycles. The fourth-order valence-electron chi connectivity index (χ4n) is 3.47. The third-order valence-corrected chi connectivity index (χ3v) is 4.54. The van der Waals surface area contributed by atoms with Crippen molar-refractivity contribution in [3.05, 3.63) is 77.9 Å². The average Bonchev–Trinajstić information content (AvgIpc) is 3.02. The lowest BCUT2D eigenvalue weighted by molar-refractivity contribution is 0.530. The van der Waals surface area contributed by atoms with Crippen LogP contribution in [0.3, 0.4) is 0 Å². The number of hydrogen-bond acceptors (Lipinski definition) is 1. The average molecular weight is 291 g/mol. The lowest BCUT2D eigenvalue weighted by atomic mass is 9.93. The van der Waals surface area contributed by atoms with E-state index in [4.69, 9.17) is 0 Å². The van der Waals surface area contributed by atoms with Gasteiger partial charge in [-0.1, -0.05) is 73.7 Å². The first kappa shape index (κ1) is 15.1. The molecule has 1 saturated carbocycles. The standard InChI is InChI=1S/C21H25N/c1-2-22-20-14-13-17(15-20)16-21(18-9-5-3-6-10-18)19-11-7-4-8-12-19/h3-12,16-17,20,22H,2,13-15H2,1H3/t17-,20+/m0/s1. The Labute approximate surface area is 134 Å². The molecule has 0 bridgehead atoms. The van der Waals surface area contributed by atoms with Gasteiger partial charge in [0.05, 0.1) is 0 Å². The van der Waals surface area contributed by atoms with Gasteiger partial charge in [-0.2, -0.15) is 0 Å². The Morgan fingerprint density at radius 2 is 1.55 bits per heavy atom. The van der Waals surface area contributed by atoms with Gasteiger partial charge in [0.25, 0.3) is 0 Å². The lowest BCUT2D eigenvalue weighted by Crippen LogP contribution is -2.25. The molecule has 0 saturated heterocycles. The Bertz CT molecular complexity index is 559. The van der Waals surface area contributed by atoms with Crippen LogP contribution in [0, 0.1) is 5.92 Å². The molecule has 22 heavy (non-hydrogen) atoms. The van der Waals surface area contributed by atoms with Gasteiger partial charge >= 0.3 is 0 Å². The minimum Gasteiger partial charge on any atom is -0.314 e. The van der Waals surface area contributed by atoms with Crippen molar-refractivity contribution in [2.75, 3.05) is 6.54 Å². The van der Waals surface area contributed by atoms with E-state index in [0.717, 1.165) is 6.54 Å². The molecule has 3 rings (SSSR count). The Hall–Kier alpha value is -1.86. The highest BCUT2D eigenvalue weighted by atomic mass is 14.9. The molecule has 0 spiro atoms. The molecule has 1 nitrogen and oxygen atoms in total. The van der Waals surface area contributed by atoms with Crippen molar-refractivity contribution in [1.82, 2.24) is 5.32 Å². The zero-order valence-electron chi connectivity index (χ0n) is 13.3. The summed E-state index contributed by atoms with van der Waals surface area (Å²) in [5, 5.41) is 3.60. The molecule has 1 heteroatoms. The second-order valence-electron chi connectivity index (χ2n) is 6.14. The van der Waals surface area contributed by atoms with Crippen molar-refractivity contribution in [2.24, 2.45) is 5.92 Å². The molecule has 2 aromatic rings. The summed E-state index contributed by atoms with van der Waals surface area (Å²) >= 11 is 0. The third kappa shape index (κ3) is 3.66. The van der Waals surface area contributed by atoms with Crippen molar-refractivity contribution in [3.63, 3.8) is 0 Å². The van der Waals surface area contributed by atoms with Crippen LogP contribution >= 0.6 is 0 Å². The third-order valence-electron chi connectivity index (χ3n) is 4.54. The fourth-order valence-corrected chi connectivity index (χ4v) is 3.47. The first-order valence-corrected chi connectivity index (χ1v) is 8.43. The van der Waals surface area contributed by atoms with E-state index in [0.29, 0.717) is 12.0 Å². The second kappa shape index (κ2) is 7.42. The fraction of sp³-hybridized carbons (Fsp3) is 0.333. The van der Waals surface area contributed by atoms with E-state index in [1.165, 1.54) is 36.0 Å². The van der Waals surface area contributed by atoms with Crippen LogP contribution in [0.2, 0.25) is 0 Å². The Kier molecular flexibility index (Phi) is 5.07. The zero-order chi connectivity index (χ0) is 15.2. The molecule has 114 valence electrons. The molecular formula is C21H25N. The predicted octanol–water partition coefficient (Wildman–Crippen LogP) is 4.90. The topological polar surface area (TPSA) is 12.0 Å². The van der Waals surface area contributed by atoms with Crippen LogP contribution in [0.1, 0.15) is 37.3 Å². The summed E-state index contributed by atoms with van der Waals surface area (Å²) in [4.78, 5) is 0. The van der Waals surface area contributed by atoms with Crippen molar-refractivity contribution in [2.45, 2.75) is 32.2 Å². The maximum absolute atomic E-state index is 3.60. The van der Waals surface area contributed by atoms with Crippen LogP contribution in [0.4, 0.5) is 0 Å². The quantitative estimate of drug-likeness (QED) is 0.826. The molecule has 2 aromatic carbocycles. The van der Waals surface area contributed by atoms with E-state index >= 15 is 0 Å². The molecule has 0 aliphatic heterocycles. The summed E-state index contributed by atoms with van der Waals surface area (Å²) in [7, 11) is 0. The largest absolute Gasteiger partial charge is 0.314 e. The monoisotopic (exact) mass is 291 g/mol. The molecule has 0 aromatic heterocycles. The van der Waals surface area contributed by atoms with Gasteiger partial charge < -0.3 is 5.32 Å². The van der Waals surface area contributed by atoms with Gasteiger partial charge in [0.1, 0.15) is 0 Å². The number of benzene rings is 2. The van der Waals surface area contributed by atoms with E-state index in [9.17, 15) is 0 Å². The molecule has 2 atom stereocenters. The van der Waals surface area contributed by atoms with Crippen LogP contribution in [-0.2, 0) is 0 Å². The zero-order valence-corrected chi connectivity index (χ0v) is 13.3. The summed E-state index contributed by atoms with van der Waals surface area (Å²) in [6.07, 6.45) is 6.35. The number of rotatable bonds is 5. The van der Waals surface area contributed by atoms with Crippen LogP contribution in [0.5, 0.6) is 0 Å². The van der Waals surface area contributed by atoms with Crippen LogP contribution in [0.15, 0.2) is 66.7 Å². The SMILES string of the molecule is CCN[C@@H]1CC[C@H](C=C(c2ccccc2)c2ccccc2)C1. The highest BCUT2D eigenvalue weighted by Gasteiger charge is 2.23. The van der Waals surface area contributed by atoms with Crippen molar-refractivity contribution in [3.8, 4) is 0 Å². The first-order valence-electron chi connectivity index (χ1n) is 8.43. The van der Waals surface area contributed by atoms with Crippen LogP contribution in [-0.4, -0.2) is 12.6 Å². The molecular weight excluding hydrogens is 266 g/mol. The van der Waals surface area contributed by atoms with E-state index in [-0.39, 0.29) is 0 Å². The van der Waals surface area contributed by atoms with Gasteiger partial charge in [-0.3, -0.25) is 0 Å². The van der Waals surface area contributed by atoms with Crippen molar-refractivity contribution < 1.29 is 0 Å². The van der Waals surface area contributed by atoms with Crippen molar-refractivity contribution in [1.29, 1.82) is 0 Å². The number of allylic oxidation sites excluding steroid dienone is 1. The van der Waals surface area contributed by atoms with Crippen LogP contribution in [0.25, 0.3) is 5.57 Å². The summed E-state index contributed by atoms with van der Waals surface area (Å²) in [6.45, 7) is 3.27. The van der Waals surface area contributed by atoms with Gasteiger partial charge in [-0.05, 0) is 48.4 Å². The normalized spacial score (nSPS) is 20.8. The predicted molar refractivity (Wildman–Crippen MR) is 94.8 cm³/mol. The molecule has 0 amide bonds. The minimum absolute atomic E-state index is 0.680. The molecule has 0 unspecified atom stereocenters. The molecule has 1 aliphatic carbocycles. The smallest absolute Gasteiger partial charge is 0.00727 e. The van der Waals surface area contributed by atoms with Gasteiger partial charge in [0, 0.05) is 6.04 Å². The lowest BCUT2D eigenvalue weighted by Gasteiger charge is -2.13. The summed E-state index contributed by atoms with van der Waals surface area (Å²) in [5.74, 6) is 0.680. The van der Waals surface area contributed by atoms with E-state index in [1.807, 2.05) is 0 Å². The molecule has 1 fully saturated rings. The van der Waals surface area contributed by atoms with Gasteiger partial charge in [-0.15, -0.1) is 0 Å². The Morgan fingerprint density at radius 1 is 0.955 bits per heavy atom. The molecule has 0 radical (unpaired) electrons. The first-order chi connectivity index (χ1) is 10.9. The second-order valence-corrected chi connectivity index (χ2v) is 6.14. The maximum Gasteiger partial charge on any atom is 0.00727 e. The van der Waals surface area contributed by atoms with Gasteiger partial charge in [-0.25, -0.2) is 0 Å². The summed E-state index contributed by atoms with van der Waals surface area (Å²) in [6, 6.07) is 22.2. The van der Waals surface area contributed by atoms with Gasteiger partial charge in [0.15, 0.2) is 0 Å². The number of nitrogens with one attached hydrogen (secondary N) is 1. The highest BCUT2D eigenvalue weighted by Crippen LogP contribution is 2.32. The summed E-state index contributed by atoms with van der Waals surface area (Å²) < 4.78 is 0. The number of hydrogen-bond donors (Lipinski definition) is 1.